The number of rotatable bonds is 9. The Bertz CT molecular complexity index is 1480. The van der Waals surface area contributed by atoms with Crippen LogP contribution in [-0.4, -0.2) is 50.4 Å². The van der Waals surface area contributed by atoms with E-state index in [1.165, 1.54) is 18.3 Å². The van der Waals surface area contributed by atoms with Crippen LogP contribution in [0, 0.1) is 0 Å². The van der Waals surface area contributed by atoms with Gasteiger partial charge in [0.05, 0.1) is 10.9 Å². The highest BCUT2D eigenvalue weighted by atomic mass is 35.5. The number of nitrogens with one attached hydrogen (secondary N) is 2. The number of nitrogens with zero attached hydrogens (tertiary/aromatic N) is 2. The third-order valence-electron chi connectivity index (χ3n) is 6.49. The number of carbonyl (C=O) groups is 2. The van der Waals surface area contributed by atoms with Crippen molar-refractivity contribution in [2.75, 3.05) is 0 Å². The molecule has 4 rings (SSSR count). The van der Waals surface area contributed by atoms with Crippen LogP contribution in [-0.2, 0) is 16.6 Å². The lowest BCUT2D eigenvalue weighted by atomic mass is 9.95. The predicted octanol–water partition coefficient (Wildman–Crippen LogP) is 4.98. The second-order valence-electron chi connectivity index (χ2n) is 10.9. The molecular formula is C31H33ClN4O4S. The highest BCUT2D eigenvalue weighted by molar-refractivity contribution is 7.14. The number of thiophene rings is 1. The Balaban J connectivity index is 1.49. The molecule has 41 heavy (non-hydrogen) atoms. The van der Waals surface area contributed by atoms with Crippen LogP contribution >= 0.6 is 22.9 Å². The molecule has 4 aromatic rings. The standard InChI is InChI=1S/C31H33ClN4O4S/c1-18(30(39)40)35-28(37)24(36-29(38)25-13-14-26(41-25)31(2,3)4)15-19-5-7-21(8-6-19)27-33-16-22(17-34-27)20-9-11-23(32)12-10-20/h5-14,16-18,24,30,39-40H,15H2,1-4H3,(H,35,37)(H,36,38). The molecule has 0 bridgehead atoms. The van der Waals surface area contributed by atoms with Crippen molar-refractivity contribution in [1.82, 2.24) is 20.6 Å². The Labute approximate surface area is 248 Å². The number of amides is 2. The Morgan fingerprint density at radius 3 is 2.05 bits per heavy atom. The molecule has 10 heteroatoms. The Kier molecular flexibility index (Phi) is 9.55. The van der Waals surface area contributed by atoms with Crippen LogP contribution in [0.5, 0.6) is 0 Å². The molecule has 0 aliphatic carbocycles. The molecule has 0 radical (unpaired) electrons. The third kappa shape index (κ3) is 7.98. The van der Waals surface area contributed by atoms with E-state index in [0.29, 0.717) is 15.7 Å². The van der Waals surface area contributed by atoms with Crippen molar-refractivity contribution in [3.63, 3.8) is 0 Å². The Morgan fingerprint density at radius 2 is 1.49 bits per heavy atom. The number of aliphatic hydroxyl groups is 2. The molecule has 2 heterocycles. The van der Waals surface area contributed by atoms with E-state index >= 15 is 0 Å². The Hall–Kier alpha value is -3.63. The molecule has 2 aromatic carbocycles. The molecule has 2 atom stereocenters. The summed E-state index contributed by atoms with van der Waals surface area (Å²) in [5, 5.41) is 25.0. The van der Waals surface area contributed by atoms with Crippen molar-refractivity contribution in [3.8, 4) is 22.5 Å². The van der Waals surface area contributed by atoms with E-state index in [2.05, 4.69) is 41.4 Å². The number of hydrogen-bond donors (Lipinski definition) is 4. The zero-order valence-corrected chi connectivity index (χ0v) is 24.8. The van der Waals surface area contributed by atoms with Gasteiger partial charge in [0.15, 0.2) is 12.1 Å². The lowest BCUT2D eigenvalue weighted by molar-refractivity contribution is -0.128. The second-order valence-corrected chi connectivity index (χ2v) is 12.4. The minimum Gasteiger partial charge on any atom is -0.366 e. The quantitative estimate of drug-likeness (QED) is 0.203. The largest absolute Gasteiger partial charge is 0.366 e. The maximum Gasteiger partial charge on any atom is 0.262 e. The minimum atomic E-state index is -1.73. The summed E-state index contributed by atoms with van der Waals surface area (Å²) in [7, 11) is 0. The zero-order valence-electron chi connectivity index (χ0n) is 23.3. The van der Waals surface area contributed by atoms with Crippen LogP contribution in [0.15, 0.2) is 73.1 Å². The van der Waals surface area contributed by atoms with Crippen LogP contribution in [0.3, 0.4) is 0 Å². The molecule has 0 fully saturated rings. The molecule has 0 spiro atoms. The van der Waals surface area contributed by atoms with Gasteiger partial charge < -0.3 is 20.8 Å². The molecule has 0 aliphatic heterocycles. The molecular weight excluding hydrogens is 560 g/mol. The van der Waals surface area contributed by atoms with Gasteiger partial charge in [-0.25, -0.2) is 9.97 Å². The minimum absolute atomic E-state index is 0.103. The van der Waals surface area contributed by atoms with Gasteiger partial charge in [-0.05, 0) is 47.7 Å². The van der Waals surface area contributed by atoms with Crippen molar-refractivity contribution >= 4 is 34.8 Å². The summed E-state index contributed by atoms with van der Waals surface area (Å²) in [6, 6.07) is 16.7. The van der Waals surface area contributed by atoms with Gasteiger partial charge in [0.1, 0.15) is 6.04 Å². The van der Waals surface area contributed by atoms with Crippen LogP contribution in [0.25, 0.3) is 22.5 Å². The predicted molar refractivity (Wildman–Crippen MR) is 162 cm³/mol. The summed E-state index contributed by atoms with van der Waals surface area (Å²) in [5.74, 6) is -0.333. The van der Waals surface area contributed by atoms with Crippen LogP contribution in [0.1, 0.15) is 47.8 Å². The summed E-state index contributed by atoms with van der Waals surface area (Å²) in [6.07, 6.45) is 1.97. The van der Waals surface area contributed by atoms with Gasteiger partial charge in [0.25, 0.3) is 5.91 Å². The van der Waals surface area contributed by atoms with E-state index in [0.717, 1.165) is 27.1 Å². The first-order valence-electron chi connectivity index (χ1n) is 13.2. The van der Waals surface area contributed by atoms with Gasteiger partial charge in [0, 0.05) is 39.8 Å². The molecule has 8 nitrogen and oxygen atoms in total. The molecule has 2 aromatic heterocycles. The van der Waals surface area contributed by atoms with E-state index < -0.39 is 24.3 Å². The van der Waals surface area contributed by atoms with Crippen molar-refractivity contribution in [2.45, 2.75) is 57.9 Å². The van der Waals surface area contributed by atoms with Gasteiger partial charge >= 0.3 is 0 Å². The fraction of sp³-hybridized carbons (Fsp3) is 0.290. The number of benzene rings is 2. The van der Waals surface area contributed by atoms with E-state index in [-0.39, 0.29) is 17.7 Å². The summed E-state index contributed by atoms with van der Waals surface area (Å²) in [4.78, 5) is 36.7. The molecule has 214 valence electrons. The van der Waals surface area contributed by atoms with Crippen molar-refractivity contribution < 1.29 is 19.8 Å². The SMILES string of the molecule is CC(NC(=O)C(Cc1ccc(-c2ncc(-c3ccc(Cl)cc3)cn2)cc1)NC(=O)c1ccc(C(C)(C)C)s1)C(O)O. The molecule has 0 aliphatic rings. The molecule has 2 amide bonds. The van der Waals surface area contributed by atoms with E-state index in [1.54, 1.807) is 18.5 Å². The van der Waals surface area contributed by atoms with Gasteiger partial charge in [-0.2, -0.15) is 0 Å². The molecule has 0 saturated carbocycles. The number of hydrogen-bond acceptors (Lipinski definition) is 7. The first-order valence-corrected chi connectivity index (χ1v) is 14.3. The lowest BCUT2D eigenvalue weighted by Crippen LogP contribution is -2.52. The highest BCUT2D eigenvalue weighted by Gasteiger charge is 2.26. The Morgan fingerprint density at radius 1 is 0.878 bits per heavy atom. The summed E-state index contributed by atoms with van der Waals surface area (Å²) in [5.41, 5.74) is 3.32. The van der Waals surface area contributed by atoms with Crippen molar-refractivity contribution in [1.29, 1.82) is 0 Å². The van der Waals surface area contributed by atoms with Crippen molar-refractivity contribution in [2.24, 2.45) is 0 Å². The number of aromatic nitrogens is 2. The van der Waals surface area contributed by atoms with Gasteiger partial charge in [-0.15, -0.1) is 11.3 Å². The lowest BCUT2D eigenvalue weighted by Gasteiger charge is -2.22. The smallest absolute Gasteiger partial charge is 0.262 e. The first-order chi connectivity index (χ1) is 19.4. The maximum atomic E-state index is 13.1. The molecule has 4 N–H and O–H groups in total. The number of carbonyl (C=O) groups excluding carboxylic acids is 2. The van der Waals surface area contributed by atoms with Gasteiger partial charge in [-0.3, -0.25) is 9.59 Å². The monoisotopic (exact) mass is 592 g/mol. The van der Waals surface area contributed by atoms with Crippen LogP contribution in [0.2, 0.25) is 5.02 Å². The van der Waals surface area contributed by atoms with Crippen LogP contribution in [0.4, 0.5) is 0 Å². The summed E-state index contributed by atoms with van der Waals surface area (Å²) in [6.45, 7) is 7.69. The van der Waals surface area contributed by atoms with E-state index in [1.807, 2.05) is 54.6 Å². The fourth-order valence-corrected chi connectivity index (χ4v) is 5.09. The zero-order chi connectivity index (χ0) is 29.7. The average molecular weight is 593 g/mol. The van der Waals surface area contributed by atoms with Crippen LogP contribution < -0.4 is 10.6 Å². The summed E-state index contributed by atoms with van der Waals surface area (Å²) >= 11 is 7.36. The maximum absolute atomic E-state index is 13.1. The van der Waals surface area contributed by atoms with E-state index in [9.17, 15) is 19.8 Å². The number of aliphatic hydroxyl groups excluding tert-OH is 1. The molecule has 2 unspecified atom stereocenters. The van der Waals surface area contributed by atoms with Gasteiger partial charge in [-0.1, -0.05) is 68.8 Å². The number of halogens is 1. The second kappa shape index (κ2) is 12.9. The molecule has 0 saturated heterocycles. The fourth-order valence-electron chi connectivity index (χ4n) is 4.00. The normalized spacial score (nSPS) is 13.1. The van der Waals surface area contributed by atoms with Crippen molar-refractivity contribution in [3.05, 3.63) is 93.4 Å². The van der Waals surface area contributed by atoms with Gasteiger partial charge in [0.2, 0.25) is 5.91 Å². The topological polar surface area (TPSA) is 124 Å². The average Bonchev–Trinajstić information content (AvgIpc) is 3.45. The third-order valence-corrected chi connectivity index (χ3v) is 8.25. The van der Waals surface area contributed by atoms with E-state index in [4.69, 9.17) is 11.6 Å². The summed E-state index contributed by atoms with van der Waals surface area (Å²) < 4.78 is 0. The highest BCUT2D eigenvalue weighted by Crippen LogP contribution is 2.29. The first kappa shape index (κ1) is 30.3.